The van der Waals surface area contributed by atoms with E-state index < -0.39 is 22.8 Å². The van der Waals surface area contributed by atoms with E-state index in [9.17, 15) is 29.7 Å². The van der Waals surface area contributed by atoms with Gasteiger partial charge in [-0.15, -0.1) is 0 Å². The lowest BCUT2D eigenvalue weighted by Gasteiger charge is -2.71. The van der Waals surface area contributed by atoms with E-state index in [0.717, 1.165) is 32.1 Å². The van der Waals surface area contributed by atoms with Crippen LogP contribution < -0.4 is 0 Å². The number of aliphatic carboxylic acids is 1. The van der Waals surface area contributed by atoms with E-state index in [1.165, 1.54) is 23.8 Å². The van der Waals surface area contributed by atoms with Crippen molar-refractivity contribution in [3.63, 3.8) is 0 Å². The minimum Gasteiger partial charge on any atom is -0.504 e. The van der Waals surface area contributed by atoms with Crippen LogP contribution in [-0.2, 0) is 19.1 Å². The Bertz CT molecular complexity index is 1510. The number of ether oxygens (including phenoxy) is 1. The molecule has 7 heteroatoms. The lowest BCUT2D eigenvalue weighted by atomic mass is 9.33. The van der Waals surface area contributed by atoms with E-state index in [-0.39, 0.29) is 58.0 Å². The fourth-order valence-corrected chi connectivity index (χ4v) is 11.8. The molecule has 5 aliphatic carbocycles. The summed E-state index contributed by atoms with van der Waals surface area (Å²) in [5.74, 6) is -0.310. The number of hydrogen-bond acceptors (Lipinski definition) is 6. The van der Waals surface area contributed by atoms with Gasteiger partial charge in [0.05, 0.1) is 5.41 Å². The van der Waals surface area contributed by atoms with Crippen LogP contribution in [-0.4, -0.2) is 39.6 Å². The van der Waals surface area contributed by atoms with Gasteiger partial charge in [-0.1, -0.05) is 59.3 Å². The Kier molecular flexibility index (Phi) is 7.84. The van der Waals surface area contributed by atoms with Gasteiger partial charge in [0.2, 0.25) is 0 Å². The van der Waals surface area contributed by atoms with Crippen molar-refractivity contribution in [2.24, 2.45) is 56.7 Å². The lowest BCUT2D eigenvalue weighted by molar-refractivity contribution is -0.204. The zero-order valence-corrected chi connectivity index (χ0v) is 28.4. The van der Waals surface area contributed by atoms with Gasteiger partial charge in [-0.3, -0.25) is 9.59 Å². The number of fused-ring (bicyclic) bond motifs is 7. The van der Waals surface area contributed by atoms with Crippen molar-refractivity contribution in [2.75, 3.05) is 6.61 Å². The molecule has 0 aliphatic heterocycles. The summed E-state index contributed by atoms with van der Waals surface area (Å²) in [7, 11) is 0. The van der Waals surface area contributed by atoms with E-state index >= 15 is 0 Å². The first-order valence-electron chi connectivity index (χ1n) is 17.4. The summed E-state index contributed by atoms with van der Waals surface area (Å²) < 4.78 is 6.21. The molecule has 1 aromatic rings. The lowest BCUT2D eigenvalue weighted by Crippen LogP contribution is -2.66. The average Bonchev–Trinajstić information content (AvgIpc) is 3.00. The molecule has 5 aliphatic rings. The molecule has 0 amide bonds. The van der Waals surface area contributed by atoms with E-state index in [1.807, 2.05) is 0 Å². The summed E-state index contributed by atoms with van der Waals surface area (Å²) in [4.78, 5) is 39.7. The van der Waals surface area contributed by atoms with Crippen molar-refractivity contribution < 1.29 is 34.4 Å². The maximum atomic E-state index is 13.4. The number of benzene rings is 1. The first-order valence-corrected chi connectivity index (χ1v) is 17.4. The van der Waals surface area contributed by atoms with Crippen LogP contribution in [0.15, 0.2) is 35.9 Å². The SMILES string of the molecule is CC1CCC2(C(=O)O)CCC3(COC(=O)C=Cc4ccc(O)c(O)c4)C(=CCC4C5(C)CCC(=O)C(C)(C)C5CCC43C)C2C1C. The van der Waals surface area contributed by atoms with Gasteiger partial charge in [0, 0.05) is 23.3 Å². The Labute approximate surface area is 273 Å². The standard InChI is InChI=1S/C39H52O7/c1-23-13-18-38(34(44)45)19-20-39(22-46-32(43)12-8-25-7-10-27(40)28(41)21-25)26(33(38)24(23)2)9-11-30-36(5)16-15-31(42)35(3,4)29(36)14-17-37(30,39)6/h7-10,12,21,23-24,29-30,33,40-41H,11,13-20,22H2,1-6H3,(H,44,45). The van der Waals surface area contributed by atoms with Gasteiger partial charge in [-0.2, -0.15) is 0 Å². The highest BCUT2D eigenvalue weighted by molar-refractivity contribution is 5.87. The second-order valence-corrected chi connectivity index (χ2v) is 16.7. The largest absolute Gasteiger partial charge is 0.504 e. The van der Waals surface area contributed by atoms with Crippen LogP contribution in [0.3, 0.4) is 0 Å². The molecule has 9 atom stereocenters. The second kappa shape index (κ2) is 11.0. The fraction of sp³-hybridized carbons (Fsp3) is 0.667. The monoisotopic (exact) mass is 632 g/mol. The minimum atomic E-state index is -0.810. The quantitative estimate of drug-likeness (QED) is 0.130. The molecule has 0 radical (unpaired) electrons. The summed E-state index contributed by atoms with van der Waals surface area (Å²) in [5.41, 5.74) is -0.240. The fourth-order valence-electron chi connectivity index (χ4n) is 11.8. The van der Waals surface area contributed by atoms with Crippen LogP contribution in [0.5, 0.6) is 11.5 Å². The van der Waals surface area contributed by atoms with E-state index in [1.54, 1.807) is 12.1 Å². The predicted octanol–water partition coefficient (Wildman–Crippen LogP) is 7.95. The van der Waals surface area contributed by atoms with Gasteiger partial charge in [0.25, 0.3) is 0 Å². The van der Waals surface area contributed by atoms with Crippen LogP contribution in [0.1, 0.15) is 105 Å². The Morgan fingerprint density at radius 3 is 2.39 bits per heavy atom. The number of carboxylic acid groups (broad SMARTS) is 1. The number of Topliss-reactive ketones (excluding diaryl/α,β-unsaturated/α-hetero) is 1. The molecular formula is C39H52O7. The number of ketones is 1. The van der Waals surface area contributed by atoms with Gasteiger partial charge in [-0.25, -0.2) is 4.79 Å². The number of phenolic OH excluding ortho intramolecular Hbond substituents is 2. The first kappa shape index (κ1) is 32.8. The summed E-state index contributed by atoms with van der Waals surface area (Å²) in [6, 6.07) is 4.37. The molecule has 1 aromatic carbocycles. The van der Waals surface area contributed by atoms with E-state index in [2.05, 4.69) is 47.6 Å². The summed E-state index contributed by atoms with van der Waals surface area (Å²) >= 11 is 0. The van der Waals surface area contributed by atoms with Crippen molar-refractivity contribution in [3.05, 3.63) is 41.5 Å². The van der Waals surface area contributed by atoms with Crippen molar-refractivity contribution >= 4 is 23.8 Å². The van der Waals surface area contributed by atoms with Crippen molar-refractivity contribution in [3.8, 4) is 11.5 Å². The topological polar surface area (TPSA) is 121 Å². The number of carbonyl (C=O) groups is 3. The summed E-state index contributed by atoms with van der Waals surface area (Å²) in [6.07, 6.45) is 12.2. The molecule has 0 heterocycles. The van der Waals surface area contributed by atoms with Gasteiger partial charge in [0.1, 0.15) is 12.4 Å². The maximum Gasteiger partial charge on any atom is 0.330 e. The molecule has 0 spiro atoms. The Morgan fingerprint density at radius 2 is 1.70 bits per heavy atom. The first-order chi connectivity index (χ1) is 21.5. The highest BCUT2D eigenvalue weighted by Gasteiger charge is 2.71. The van der Waals surface area contributed by atoms with E-state index in [0.29, 0.717) is 42.9 Å². The third kappa shape index (κ3) is 4.53. The van der Waals surface area contributed by atoms with Crippen LogP contribution in [0.2, 0.25) is 0 Å². The highest BCUT2D eigenvalue weighted by Crippen LogP contribution is 2.75. The van der Waals surface area contributed by atoms with Crippen LogP contribution >= 0.6 is 0 Å². The highest BCUT2D eigenvalue weighted by atomic mass is 16.5. The number of esters is 1. The van der Waals surface area contributed by atoms with Gasteiger partial charge in [0.15, 0.2) is 11.5 Å². The smallest absolute Gasteiger partial charge is 0.330 e. The number of carboxylic acids is 1. The van der Waals surface area contributed by atoms with Crippen LogP contribution in [0, 0.1) is 56.7 Å². The molecule has 46 heavy (non-hydrogen) atoms. The van der Waals surface area contributed by atoms with Crippen LogP contribution in [0.25, 0.3) is 6.08 Å². The molecule has 3 N–H and O–H groups in total. The number of rotatable bonds is 5. The number of aromatic hydroxyl groups is 2. The summed E-state index contributed by atoms with van der Waals surface area (Å²) in [5, 5.41) is 30.4. The average molecular weight is 633 g/mol. The number of carbonyl (C=O) groups excluding carboxylic acids is 2. The molecule has 0 bridgehead atoms. The number of allylic oxidation sites excluding steroid dienone is 1. The summed E-state index contributed by atoms with van der Waals surface area (Å²) in [6.45, 7) is 13.7. The van der Waals surface area contributed by atoms with E-state index in [4.69, 9.17) is 4.74 Å². The third-order valence-electron chi connectivity index (χ3n) is 14.7. The normalized spacial score (nSPS) is 41.4. The molecule has 4 saturated carbocycles. The maximum absolute atomic E-state index is 13.4. The molecular weight excluding hydrogens is 580 g/mol. The molecule has 250 valence electrons. The minimum absolute atomic E-state index is 0.0585. The zero-order chi connectivity index (χ0) is 33.4. The zero-order valence-electron chi connectivity index (χ0n) is 28.4. The molecule has 7 nitrogen and oxygen atoms in total. The molecule has 4 fully saturated rings. The second-order valence-electron chi connectivity index (χ2n) is 16.7. The Balaban J connectivity index is 1.42. The number of phenols is 2. The van der Waals surface area contributed by atoms with Gasteiger partial charge in [-0.05, 0) is 116 Å². The van der Waals surface area contributed by atoms with Gasteiger partial charge >= 0.3 is 11.9 Å². The molecule has 6 rings (SSSR count). The van der Waals surface area contributed by atoms with Crippen LogP contribution in [0.4, 0.5) is 0 Å². The molecule has 9 unspecified atom stereocenters. The van der Waals surface area contributed by atoms with Gasteiger partial charge < -0.3 is 20.1 Å². The molecule has 0 aromatic heterocycles. The van der Waals surface area contributed by atoms with Crippen molar-refractivity contribution in [2.45, 2.75) is 99.3 Å². The predicted molar refractivity (Wildman–Crippen MR) is 176 cm³/mol. The third-order valence-corrected chi connectivity index (χ3v) is 14.7. The molecule has 0 saturated heterocycles. The number of hydrogen-bond donors (Lipinski definition) is 3. The Hall–Kier alpha value is -3.09. The van der Waals surface area contributed by atoms with Crippen molar-refractivity contribution in [1.82, 2.24) is 0 Å². The van der Waals surface area contributed by atoms with Crippen molar-refractivity contribution in [1.29, 1.82) is 0 Å². The Morgan fingerprint density at radius 1 is 0.957 bits per heavy atom.